The zero-order valence-corrected chi connectivity index (χ0v) is 9.67. The lowest BCUT2D eigenvalue weighted by atomic mass is 10.0. The van der Waals surface area contributed by atoms with Crippen LogP contribution in [0.3, 0.4) is 0 Å². The van der Waals surface area contributed by atoms with Gasteiger partial charge in [0.2, 0.25) is 0 Å². The van der Waals surface area contributed by atoms with Crippen molar-refractivity contribution in [1.82, 2.24) is 0 Å². The maximum Gasteiger partial charge on any atom is 0.161 e. The van der Waals surface area contributed by atoms with Crippen LogP contribution in [-0.4, -0.2) is 31.8 Å². The van der Waals surface area contributed by atoms with Crippen LogP contribution in [0, 0.1) is 0 Å². The van der Waals surface area contributed by atoms with E-state index in [1.54, 1.807) is 0 Å². The van der Waals surface area contributed by atoms with E-state index >= 15 is 0 Å². The Balaban J connectivity index is 1.90. The molecule has 0 radical (unpaired) electrons. The second kappa shape index (κ2) is 5.91. The Kier molecular flexibility index (Phi) is 4.25. The van der Waals surface area contributed by atoms with E-state index < -0.39 is 6.04 Å². The lowest BCUT2D eigenvalue weighted by molar-refractivity contribution is -0.108. The summed E-state index contributed by atoms with van der Waals surface area (Å²) < 4.78 is 10.8. The standard InChI is InChI=1S/C13H17NO3/c14-12(9-15)7-10-1-3-11(4-2-10)8-13-16-5-6-17-13/h1-4,9,12-13H,5-8,14H2. The van der Waals surface area contributed by atoms with Crippen molar-refractivity contribution in [1.29, 1.82) is 0 Å². The van der Waals surface area contributed by atoms with Crippen LogP contribution < -0.4 is 5.73 Å². The summed E-state index contributed by atoms with van der Waals surface area (Å²) in [7, 11) is 0. The monoisotopic (exact) mass is 235 g/mol. The van der Waals surface area contributed by atoms with Crippen LogP contribution in [-0.2, 0) is 27.1 Å². The van der Waals surface area contributed by atoms with Gasteiger partial charge < -0.3 is 20.0 Å². The first-order valence-corrected chi connectivity index (χ1v) is 5.80. The van der Waals surface area contributed by atoms with Crippen LogP contribution in [0.15, 0.2) is 24.3 Å². The molecule has 1 unspecified atom stereocenters. The fourth-order valence-corrected chi connectivity index (χ4v) is 1.85. The van der Waals surface area contributed by atoms with Crippen LogP contribution >= 0.6 is 0 Å². The lowest BCUT2D eigenvalue weighted by Crippen LogP contribution is -2.24. The summed E-state index contributed by atoms with van der Waals surface area (Å²) in [6, 6.07) is 7.62. The fraction of sp³-hybridized carbons (Fsp3) is 0.462. The Hall–Kier alpha value is -1.23. The fourth-order valence-electron chi connectivity index (χ4n) is 1.85. The van der Waals surface area contributed by atoms with Crippen molar-refractivity contribution in [2.24, 2.45) is 5.73 Å². The van der Waals surface area contributed by atoms with Crippen LogP contribution in [0.5, 0.6) is 0 Å². The van der Waals surface area contributed by atoms with Gasteiger partial charge in [-0.25, -0.2) is 0 Å². The molecule has 0 amide bonds. The van der Waals surface area contributed by atoms with Gasteiger partial charge in [-0.05, 0) is 17.5 Å². The Morgan fingerprint density at radius 3 is 2.41 bits per heavy atom. The summed E-state index contributed by atoms with van der Waals surface area (Å²) in [6.07, 6.45) is 2.01. The molecule has 92 valence electrons. The second-order valence-corrected chi connectivity index (χ2v) is 4.20. The van der Waals surface area contributed by atoms with Crippen molar-refractivity contribution in [2.45, 2.75) is 25.2 Å². The first-order valence-electron chi connectivity index (χ1n) is 5.80. The Morgan fingerprint density at radius 1 is 1.24 bits per heavy atom. The highest BCUT2D eigenvalue weighted by molar-refractivity contribution is 5.57. The highest BCUT2D eigenvalue weighted by Crippen LogP contribution is 2.13. The molecular formula is C13H17NO3. The van der Waals surface area contributed by atoms with E-state index in [-0.39, 0.29) is 6.29 Å². The highest BCUT2D eigenvalue weighted by Gasteiger charge is 2.16. The van der Waals surface area contributed by atoms with Crippen LogP contribution in [0.4, 0.5) is 0 Å². The molecular weight excluding hydrogens is 218 g/mol. The first kappa shape index (κ1) is 12.2. The van der Waals surface area contributed by atoms with Gasteiger partial charge >= 0.3 is 0 Å². The molecule has 1 aromatic rings. The van der Waals surface area contributed by atoms with Crippen LogP contribution in [0.2, 0.25) is 0 Å². The number of benzene rings is 1. The molecule has 4 heteroatoms. The molecule has 0 aromatic heterocycles. The number of nitrogens with two attached hydrogens (primary N) is 1. The topological polar surface area (TPSA) is 61.6 Å². The summed E-state index contributed by atoms with van der Waals surface area (Å²) >= 11 is 0. The molecule has 1 aliphatic rings. The zero-order chi connectivity index (χ0) is 12.1. The smallest absolute Gasteiger partial charge is 0.161 e. The number of carbonyl (C=O) groups excluding carboxylic acids is 1. The van der Waals surface area contributed by atoms with Crippen molar-refractivity contribution < 1.29 is 14.3 Å². The van der Waals surface area contributed by atoms with Gasteiger partial charge in [0.1, 0.15) is 6.29 Å². The molecule has 1 aromatic carbocycles. The number of ether oxygens (including phenoxy) is 2. The molecule has 1 fully saturated rings. The van der Waals surface area contributed by atoms with Crippen molar-refractivity contribution in [2.75, 3.05) is 13.2 Å². The van der Waals surface area contributed by atoms with E-state index in [0.29, 0.717) is 19.6 Å². The number of aldehydes is 1. The third kappa shape index (κ3) is 3.63. The van der Waals surface area contributed by atoms with Crippen molar-refractivity contribution in [3.8, 4) is 0 Å². The first-order chi connectivity index (χ1) is 8.28. The molecule has 2 rings (SSSR count). The maximum atomic E-state index is 10.4. The molecule has 0 aliphatic carbocycles. The van der Waals surface area contributed by atoms with Gasteiger partial charge in [0.25, 0.3) is 0 Å². The summed E-state index contributed by atoms with van der Waals surface area (Å²) in [5.74, 6) is 0. The van der Waals surface area contributed by atoms with E-state index in [1.807, 2.05) is 24.3 Å². The zero-order valence-electron chi connectivity index (χ0n) is 9.67. The van der Waals surface area contributed by atoms with Gasteiger partial charge in [-0.2, -0.15) is 0 Å². The summed E-state index contributed by atoms with van der Waals surface area (Å²) in [5.41, 5.74) is 7.80. The Morgan fingerprint density at radius 2 is 1.82 bits per heavy atom. The van der Waals surface area contributed by atoms with E-state index in [2.05, 4.69) is 0 Å². The third-order valence-electron chi connectivity index (χ3n) is 2.76. The van der Waals surface area contributed by atoms with Gasteiger partial charge in [0.15, 0.2) is 6.29 Å². The minimum atomic E-state index is -0.414. The van der Waals surface area contributed by atoms with Crippen LogP contribution in [0.1, 0.15) is 11.1 Å². The minimum Gasteiger partial charge on any atom is -0.350 e. The van der Waals surface area contributed by atoms with E-state index in [9.17, 15) is 4.79 Å². The van der Waals surface area contributed by atoms with E-state index in [4.69, 9.17) is 15.2 Å². The predicted molar refractivity (Wildman–Crippen MR) is 63.6 cm³/mol. The number of rotatable bonds is 5. The molecule has 1 saturated heterocycles. The number of hydrogen-bond acceptors (Lipinski definition) is 4. The summed E-state index contributed by atoms with van der Waals surface area (Å²) in [6.45, 7) is 1.36. The predicted octanol–water partition coefficient (Wildman–Crippen LogP) is 0.671. The lowest BCUT2D eigenvalue weighted by Gasteiger charge is -2.10. The van der Waals surface area contributed by atoms with Crippen molar-refractivity contribution in [3.63, 3.8) is 0 Å². The third-order valence-corrected chi connectivity index (χ3v) is 2.76. The maximum absolute atomic E-state index is 10.4. The van der Waals surface area contributed by atoms with Gasteiger partial charge in [-0.15, -0.1) is 0 Å². The van der Waals surface area contributed by atoms with Crippen molar-refractivity contribution >= 4 is 6.29 Å². The van der Waals surface area contributed by atoms with E-state index in [1.165, 1.54) is 5.56 Å². The average molecular weight is 235 g/mol. The average Bonchev–Trinajstić information content (AvgIpc) is 2.84. The largest absolute Gasteiger partial charge is 0.350 e. The molecule has 0 bridgehead atoms. The molecule has 0 spiro atoms. The Labute approximate surface area is 101 Å². The van der Waals surface area contributed by atoms with Gasteiger partial charge in [0.05, 0.1) is 19.3 Å². The number of hydrogen-bond donors (Lipinski definition) is 1. The second-order valence-electron chi connectivity index (χ2n) is 4.20. The molecule has 2 N–H and O–H groups in total. The quantitative estimate of drug-likeness (QED) is 0.762. The summed E-state index contributed by atoms with van der Waals surface area (Å²) in [5, 5.41) is 0. The molecule has 17 heavy (non-hydrogen) atoms. The van der Waals surface area contributed by atoms with Crippen LogP contribution in [0.25, 0.3) is 0 Å². The SMILES string of the molecule is NC(C=O)Cc1ccc(CC2OCCO2)cc1. The number of carbonyl (C=O) groups is 1. The van der Waals surface area contributed by atoms with Gasteiger partial charge in [-0.1, -0.05) is 24.3 Å². The van der Waals surface area contributed by atoms with E-state index in [0.717, 1.165) is 18.3 Å². The Bertz CT molecular complexity index is 357. The normalized spacial score (nSPS) is 18.2. The highest BCUT2D eigenvalue weighted by atomic mass is 16.7. The summed E-state index contributed by atoms with van der Waals surface area (Å²) in [4.78, 5) is 10.4. The molecule has 1 heterocycles. The molecule has 1 aliphatic heterocycles. The molecule has 4 nitrogen and oxygen atoms in total. The molecule has 0 saturated carbocycles. The minimum absolute atomic E-state index is 0.113. The van der Waals surface area contributed by atoms with Gasteiger partial charge in [0, 0.05) is 6.42 Å². The van der Waals surface area contributed by atoms with Crippen molar-refractivity contribution in [3.05, 3.63) is 35.4 Å². The molecule has 1 atom stereocenters. The van der Waals surface area contributed by atoms with Gasteiger partial charge in [-0.3, -0.25) is 0 Å².